The van der Waals surface area contributed by atoms with Crippen molar-refractivity contribution in [1.82, 2.24) is 0 Å². The van der Waals surface area contributed by atoms with E-state index in [4.69, 9.17) is 21.1 Å². The zero-order valence-corrected chi connectivity index (χ0v) is 13.5. The molecule has 0 fully saturated rings. The maximum absolute atomic E-state index is 11.6. The lowest BCUT2D eigenvalue weighted by Gasteiger charge is -2.11. The molecule has 0 aliphatic rings. The summed E-state index contributed by atoms with van der Waals surface area (Å²) in [6.07, 6.45) is 0.0908. The van der Waals surface area contributed by atoms with E-state index >= 15 is 0 Å². The molecule has 0 spiro atoms. The second kappa shape index (κ2) is 7.85. The molecule has 2 rings (SSSR count). The number of hydrogen-bond donors (Lipinski definition) is 0. The van der Waals surface area contributed by atoms with Gasteiger partial charge in [-0.3, -0.25) is 4.79 Å². The third-order valence-electron chi connectivity index (χ3n) is 2.95. The lowest BCUT2D eigenvalue weighted by molar-refractivity contribution is -0.146. The molecule has 0 amide bonds. The molecule has 3 nitrogen and oxygen atoms in total. The van der Waals surface area contributed by atoms with Crippen molar-refractivity contribution in [3.8, 4) is 5.75 Å². The molecule has 0 N–H and O–H groups in total. The van der Waals surface area contributed by atoms with Crippen LogP contribution < -0.4 is 4.74 Å². The lowest BCUT2D eigenvalue weighted by Crippen LogP contribution is -2.13. The number of benzene rings is 2. The van der Waals surface area contributed by atoms with Gasteiger partial charge in [0.25, 0.3) is 0 Å². The minimum atomic E-state index is -0.260. The summed E-state index contributed by atoms with van der Waals surface area (Å²) in [6, 6.07) is 15.2. The van der Waals surface area contributed by atoms with E-state index in [1.807, 2.05) is 50.2 Å². The Kier molecular flexibility index (Phi) is 5.84. The highest BCUT2D eigenvalue weighted by Crippen LogP contribution is 2.26. The summed E-state index contributed by atoms with van der Waals surface area (Å²) in [7, 11) is 0. The molecule has 0 aromatic heterocycles. The zero-order valence-electron chi connectivity index (χ0n) is 12.7. The van der Waals surface area contributed by atoms with Gasteiger partial charge in [-0.1, -0.05) is 48.0 Å². The maximum Gasteiger partial charge on any atom is 0.310 e. The van der Waals surface area contributed by atoms with Gasteiger partial charge in [0.15, 0.2) is 0 Å². The average Bonchev–Trinajstić information content (AvgIpc) is 2.46. The van der Waals surface area contributed by atoms with Crippen LogP contribution in [0.2, 0.25) is 5.02 Å². The molecule has 22 heavy (non-hydrogen) atoms. The van der Waals surface area contributed by atoms with Crippen LogP contribution in [0.4, 0.5) is 0 Å². The fourth-order valence-corrected chi connectivity index (χ4v) is 2.24. The second-order valence-corrected chi connectivity index (χ2v) is 5.66. The standard InChI is InChI=1S/C18H19ClO3/c1-13(2)22-18(20)11-15-8-9-17(16(19)10-15)21-12-14-6-4-3-5-7-14/h3-10,13H,11-12H2,1-2H3. The predicted molar refractivity (Wildman–Crippen MR) is 87.2 cm³/mol. The first-order chi connectivity index (χ1) is 10.5. The first kappa shape index (κ1) is 16.4. The van der Waals surface area contributed by atoms with Crippen molar-refractivity contribution in [2.45, 2.75) is 33.0 Å². The summed E-state index contributed by atoms with van der Waals surface area (Å²) in [5, 5.41) is 0.491. The van der Waals surface area contributed by atoms with Crippen molar-refractivity contribution >= 4 is 17.6 Å². The highest BCUT2D eigenvalue weighted by Gasteiger charge is 2.09. The van der Waals surface area contributed by atoms with Crippen LogP contribution in [0, 0.1) is 0 Å². The molecule has 0 heterocycles. The topological polar surface area (TPSA) is 35.5 Å². The molecule has 0 saturated heterocycles. The van der Waals surface area contributed by atoms with E-state index in [1.54, 1.807) is 12.1 Å². The number of carbonyl (C=O) groups is 1. The van der Waals surface area contributed by atoms with Crippen molar-refractivity contribution in [3.05, 3.63) is 64.7 Å². The van der Waals surface area contributed by atoms with Gasteiger partial charge in [0.2, 0.25) is 0 Å². The van der Waals surface area contributed by atoms with Gasteiger partial charge in [0.05, 0.1) is 17.5 Å². The summed E-state index contributed by atoms with van der Waals surface area (Å²) < 4.78 is 10.8. The van der Waals surface area contributed by atoms with Crippen LogP contribution in [0.25, 0.3) is 0 Å². The number of halogens is 1. The van der Waals surface area contributed by atoms with E-state index in [0.717, 1.165) is 11.1 Å². The summed E-state index contributed by atoms with van der Waals surface area (Å²) in [5.74, 6) is 0.343. The van der Waals surface area contributed by atoms with Gasteiger partial charge < -0.3 is 9.47 Å². The van der Waals surface area contributed by atoms with E-state index < -0.39 is 0 Å². The van der Waals surface area contributed by atoms with Crippen LogP contribution >= 0.6 is 11.6 Å². The molecule has 0 unspecified atom stereocenters. The Balaban J connectivity index is 1.96. The summed E-state index contributed by atoms with van der Waals surface area (Å²) in [4.78, 5) is 11.6. The molecule has 116 valence electrons. The van der Waals surface area contributed by atoms with Gasteiger partial charge >= 0.3 is 5.97 Å². The summed E-state index contributed by atoms with van der Waals surface area (Å²) in [6.45, 7) is 4.10. The zero-order chi connectivity index (χ0) is 15.9. The smallest absolute Gasteiger partial charge is 0.310 e. The molecule has 0 bridgehead atoms. The molecular weight excluding hydrogens is 300 g/mol. The number of ether oxygens (including phenoxy) is 2. The fourth-order valence-electron chi connectivity index (χ4n) is 1.98. The van der Waals surface area contributed by atoms with Crippen molar-refractivity contribution < 1.29 is 14.3 Å². The van der Waals surface area contributed by atoms with Gasteiger partial charge in [0.1, 0.15) is 12.4 Å². The van der Waals surface area contributed by atoms with Gasteiger partial charge in [-0.15, -0.1) is 0 Å². The minimum Gasteiger partial charge on any atom is -0.487 e. The molecule has 4 heteroatoms. The van der Waals surface area contributed by atoms with Crippen LogP contribution in [0.15, 0.2) is 48.5 Å². The number of carbonyl (C=O) groups excluding carboxylic acids is 1. The molecule has 2 aromatic carbocycles. The van der Waals surface area contributed by atoms with Crippen molar-refractivity contribution in [2.75, 3.05) is 0 Å². The Morgan fingerprint density at radius 2 is 1.82 bits per heavy atom. The van der Waals surface area contributed by atoms with Gasteiger partial charge in [0, 0.05) is 0 Å². The second-order valence-electron chi connectivity index (χ2n) is 5.25. The third kappa shape index (κ3) is 5.08. The summed E-state index contributed by atoms with van der Waals surface area (Å²) in [5.41, 5.74) is 1.88. The number of rotatable bonds is 6. The molecule has 0 aliphatic heterocycles. The van der Waals surface area contributed by atoms with Crippen molar-refractivity contribution in [1.29, 1.82) is 0 Å². The lowest BCUT2D eigenvalue weighted by atomic mass is 10.1. The van der Waals surface area contributed by atoms with E-state index in [2.05, 4.69) is 0 Å². The Labute approximate surface area is 135 Å². The first-order valence-electron chi connectivity index (χ1n) is 7.19. The normalized spacial score (nSPS) is 10.5. The average molecular weight is 319 g/mol. The van der Waals surface area contributed by atoms with Gasteiger partial charge in [-0.25, -0.2) is 0 Å². The molecule has 0 radical (unpaired) electrons. The number of hydrogen-bond acceptors (Lipinski definition) is 3. The van der Waals surface area contributed by atoms with Crippen molar-refractivity contribution in [2.24, 2.45) is 0 Å². The highest BCUT2D eigenvalue weighted by molar-refractivity contribution is 6.32. The Morgan fingerprint density at radius 1 is 1.09 bits per heavy atom. The van der Waals surface area contributed by atoms with E-state index in [9.17, 15) is 4.79 Å². The van der Waals surface area contributed by atoms with Crippen LogP contribution in [-0.2, 0) is 22.6 Å². The van der Waals surface area contributed by atoms with Gasteiger partial charge in [-0.2, -0.15) is 0 Å². The number of esters is 1. The van der Waals surface area contributed by atoms with E-state index in [1.165, 1.54) is 0 Å². The first-order valence-corrected chi connectivity index (χ1v) is 7.57. The predicted octanol–water partition coefficient (Wildman–Crippen LogP) is 4.41. The fraction of sp³-hybridized carbons (Fsp3) is 0.278. The molecular formula is C18H19ClO3. The van der Waals surface area contributed by atoms with E-state index in [-0.39, 0.29) is 18.5 Å². The van der Waals surface area contributed by atoms with Crippen LogP contribution in [0.1, 0.15) is 25.0 Å². The Bertz CT molecular complexity index is 623. The largest absolute Gasteiger partial charge is 0.487 e. The van der Waals surface area contributed by atoms with E-state index in [0.29, 0.717) is 17.4 Å². The molecule has 0 atom stereocenters. The summed E-state index contributed by atoms with van der Waals surface area (Å²) >= 11 is 6.21. The van der Waals surface area contributed by atoms with Crippen LogP contribution in [0.5, 0.6) is 5.75 Å². The third-order valence-corrected chi connectivity index (χ3v) is 3.24. The Hall–Kier alpha value is -2.00. The molecule has 0 aliphatic carbocycles. The maximum atomic E-state index is 11.6. The van der Waals surface area contributed by atoms with Gasteiger partial charge in [-0.05, 0) is 37.1 Å². The van der Waals surface area contributed by atoms with Crippen molar-refractivity contribution in [3.63, 3.8) is 0 Å². The molecule has 2 aromatic rings. The van der Waals surface area contributed by atoms with Crippen LogP contribution in [0.3, 0.4) is 0 Å². The Morgan fingerprint density at radius 3 is 2.45 bits per heavy atom. The molecule has 0 saturated carbocycles. The highest BCUT2D eigenvalue weighted by atomic mass is 35.5. The monoisotopic (exact) mass is 318 g/mol. The SMILES string of the molecule is CC(C)OC(=O)Cc1ccc(OCc2ccccc2)c(Cl)c1. The quantitative estimate of drug-likeness (QED) is 0.740. The van der Waals surface area contributed by atoms with Crippen LogP contribution in [-0.4, -0.2) is 12.1 Å². The minimum absolute atomic E-state index is 0.114.